The molecule has 1 aromatic heterocycles. The molecule has 1 nitrogen and oxygen atoms in total. The van der Waals surface area contributed by atoms with Crippen molar-refractivity contribution in [1.82, 2.24) is 4.98 Å². The molecular weight excluding hydrogens is 170 g/mol. The Morgan fingerprint density at radius 1 is 1.07 bits per heavy atom. The van der Waals surface area contributed by atoms with Crippen LogP contribution in [0.3, 0.4) is 0 Å². The van der Waals surface area contributed by atoms with Crippen LogP contribution in [0.5, 0.6) is 0 Å². The summed E-state index contributed by atoms with van der Waals surface area (Å²) in [6, 6.07) is 2.24. The van der Waals surface area contributed by atoms with Gasteiger partial charge >= 0.3 is 0 Å². The van der Waals surface area contributed by atoms with E-state index in [2.05, 4.69) is 24.9 Å². The number of unbranched alkanes of at least 4 members (excludes halogenated alkanes) is 4. The first-order valence-electron chi connectivity index (χ1n) is 5.73. The van der Waals surface area contributed by atoms with Crippen LogP contribution in [-0.4, -0.2) is 4.98 Å². The minimum Gasteiger partial charge on any atom is -0.264 e. The third-order valence-corrected chi connectivity index (χ3v) is 2.50. The van der Waals surface area contributed by atoms with Crippen LogP contribution < -0.4 is 0 Å². The first-order chi connectivity index (χ1) is 6.83. The van der Waals surface area contributed by atoms with Gasteiger partial charge in [-0.2, -0.15) is 0 Å². The van der Waals surface area contributed by atoms with Crippen LogP contribution in [0.1, 0.15) is 50.2 Å². The summed E-state index contributed by atoms with van der Waals surface area (Å²) in [6.45, 7) is 4.36. The number of aryl methyl sites for hydroxylation is 2. The van der Waals surface area contributed by atoms with Gasteiger partial charge in [0, 0.05) is 12.4 Å². The van der Waals surface area contributed by atoms with Crippen LogP contribution >= 0.6 is 0 Å². The van der Waals surface area contributed by atoms with E-state index in [9.17, 15) is 0 Å². The molecule has 0 spiro atoms. The lowest BCUT2D eigenvalue weighted by Gasteiger charge is -2.01. The highest BCUT2D eigenvalue weighted by atomic mass is 14.6. The zero-order valence-electron chi connectivity index (χ0n) is 9.42. The van der Waals surface area contributed by atoms with Gasteiger partial charge in [0.2, 0.25) is 0 Å². The van der Waals surface area contributed by atoms with Crippen LogP contribution in [0, 0.1) is 6.92 Å². The van der Waals surface area contributed by atoms with E-state index in [0.29, 0.717) is 0 Å². The van der Waals surface area contributed by atoms with Crippen molar-refractivity contribution in [3.05, 3.63) is 29.6 Å². The molecule has 0 N–H and O–H groups in total. The molecule has 0 radical (unpaired) electrons. The highest BCUT2D eigenvalue weighted by Crippen LogP contribution is 2.09. The molecule has 1 heterocycles. The zero-order valence-corrected chi connectivity index (χ0v) is 9.42. The van der Waals surface area contributed by atoms with Crippen LogP contribution in [0.25, 0.3) is 0 Å². The van der Waals surface area contributed by atoms with Crippen molar-refractivity contribution < 1.29 is 0 Å². The van der Waals surface area contributed by atoms with Crippen molar-refractivity contribution in [2.75, 3.05) is 0 Å². The fourth-order valence-corrected chi connectivity index (χ4v) is 1.69. The number of aromatic nitrogens is 1. The average Bonchev–Trinajstić information content (AvgIpc) is 2.18. The highest BCUT2D eigenvalue weighted by Gasteiger charge is 1.94. The molecule has 0 aliphatic heterocycles. The van der Waals surface area contributed by atoms with Gasteiger partial charge in [0.05, 0.1) is 0 Å². The minimum atomic E-state index is 1.19. The molecule has 1 rings (SSSR count). The molecule has 0 amide bonds. The number of hydrogen-bond donors (Lipinski definition) is 0. The number of hydrogen-bond acceptors (Lipinski definition) is 1. The molecular formula is C13H21N. The summed E-state index contributed by atoms with van der Waals surface area (Å²) in [5.41, 5.74) is 2.66. The van der Waals surface area contributed by atoms with Crippen LogP contribution in [0.2, 0.25) is 0 Å². The minimum absolute atomic E-state index is 1.19. The van der Waals surface area contributed by atoms with E-state index in [1.54, 1.807) is 0 Å². The smallest absolute Gasteiger partial charge is 0.0300 e. The van der Waals surface area contributed by atoms with E-state index >= 15 is 0 Å². The monoisotopic (exact) mass is 191 g/mol. The summed E-state index contributed by atoms with van der Waals surface area (Å²) in [5, 5.41) is 0. The lowest BCUT2D eigenvalue weighted by atomic mass is 10.1. The Morgan fingerprint density at radius 2 is 1.86 bits per heavy atom. The van der Waals surface area contributed by atoms with Crippen molar-refractivity contribution >= 4 is 0 Å². The van der Waals surface area contributed by atoms with Crippen LogP contribution in [0.4, 0.5) is 0 Å². The van der Waals surface area contributed by atoms with E-state index in [0.717, 1.165) is 0 Å². The Morgan fingerprint density at radius 3 is 2.57 bits per heavy atom. The molecule has 0 fully saturated rings. The van der Waals surface area contributed by atoms with Gasteiger partial charge in [-0.05, 0) is 30.9 Å². The quantitative estimate of drug-likeness (QED) is 0.621. The predicted molar refractivity (Wildman–Crippen MR) is 61.4 cm³/mol. The average molecular weight is 191 g/mol. The molecule has 0 atom stereocenters. The Balaban J connectivity index is 2.18. The number of pyridine rings is 1. The normalized spacial score (nSPS) is 10.4. The summed E-state index contributed by atoms with van der Waals surface area (Å²) in [7, 11) is 0. The van der Waals surface area contributed by atoms with Gasteiger partial charge in [-0.25, -0.2) is 0 Å². The number of rotatable bonds is 6. The Kier molecular flexibility index (Phi) is 5.28. The fourth-order valence-electron chi connectivity index (χ4n) is 1.69. The molecule has 0 saturated carbocycles. The Hall–Kier alpha value is -0.850. The first-order valence-corrected chi connectivity index (χ1v) is 5.73. The lowest BCUT2D eigenvalue weighted by Crippen LogP contribution is -1.88. The van der Waals surface area contributed by atoms with Gasteiger partial charge < -0.3 is 0 Å². The summed E-state index contributed by atoms with van der Waals surface area (Å²) >= 11 is 0. The van der Waals surface area contributed by atoms with Gasteiger partial charge in [0.15, 0.2) is 0 Å². The summed E-state index contributed by atoms with van der Waals surface area (Å²) in [5.74, 6) is 0. The van der Waals surface area contributed by atoms with E-state index in [4.69, 9.17) is 0 Å². The summed E-state index contributed by atoms with van der Waals surface area (Å²) in [4.78, 5) is 4.20. The lowest BCUT2D eigenvalue weighted by molar-refractivity contribution is 0.631. The van der Waals surface area contributed by atoms with Gasteiger partial charge in [0.25, 0.3) is 0 Å². The van der Waals surface area contributed by atoms with Gasteiger partial charge in [-0.1, -0.05) is 38.7 Å². The van der Waals surface area contributed by atoms with Gasteiger partial charge in [-0.15, -0.1) is 0 Å². The third kappa shape index (κ3) is 4.40. The largest absolute Gasteiger partial charge is 0.264 e. The third-order valence-electron chi connectivity index (χ3n) is 2.50. The maximum absolute atomic E-state index is 4.20. The summed E-state index contributed by atoms with van der Waals surface area (Å²) < 4.78 is 0. The van der Waals surface area contributed by atoms with Crippen molar-refractivity contribution in [1.29, 1.82) is 0 Å². The second kappa shape index (κ2) is 6.58. The van der Waals surface area contributed by atoms with Gasteiger partial charge in [-0.3, -0.25) is 4.98 Å². The van der Waals surface area contributed by atoms with E-state index in [-0.39, 0.29) is 0 Å². The van der Waals surface area contributed by atoms with Crippen molar-refractivity contribution in [2.45, 2.75) is 52.4 Å². The van der Waals surface area contributed by atoms with Crippen molar-refractivity contribution in [2.24, 2.45) is 0 Å². The molecule has 0 unspecified atom stereocenters. The molecule has 0 saturated heterocycles. The molecule has 1 aromatic rings. The molecule has 0 aliphatic carbocycles. The maximum Gasteiger partial charge on any atom is 0.0300 e. The molecule has 0 bridgehead atoms. The zero-order chi connectivity index (χ0) is 10.2. The Bertz CT molecular complexity index is 255. The molecule has 0 aromatic carbocycles. The van der Waals surface area contributed by atoms with E-state index in [1.165, 1.54) is 49.7 Å². The molecule has 78 valence electrons. The fraction of sp³-hybridized carbons (Fsp3) is 0.615. The molecule has 0 aliphatic rings. The maximum atomic E-state index is 4.20. The van der Waals surface area contributed by atoms with Crippen LogP contribution in [0.15, 0.2) is 18.5 Å². The van der Waals surface area contributed by atoms with Crippen molar-refractivity contribution in [3.63, 3.8) is 0 Å². The Labute approximate surface area is 87.6 Å². The highest BCUT2D eigenvalue weighted by molar-refractivity contribution is 5.16. The number of nitrogens with zero attached hydrogens (tertiary/aromatic N) is 1. The van der Waals surface area contributed by atoms with Gasteiger partial charge in [0.1, 0.15) is 0 Å². The van der Waals surface area contributed by atoms with E-state index < -0.39 is 0 Å². The molecule has 14 heavy (non-hydrogen) atoms. The summed E-state index contributed by atoms with van der Waals surface area (Å²) in [6.07, 6.45) is 11.9. The SMILES string of the molecule is CCCCCCCc1cncc(C)c1. The molecule has 1 heteroatoms. The second-order valence-corrected chi connectivity index (χ2v) is 4.03. The predicted octanol–water partition coefficient (Wildman–Crippen LogP) is 3.90. The van der Waals surface area contributed by atoms with Crippen LogP contribution in [-0.2, 0) is 6.42 Å². The second-order valence-electron chi connectivity index (χ2n) is 4.03. The first kappa shape index (κ1) is 11.2. The van der Waals surface area contributed by atoms with Crippen molar-refractivity contribution in [3.8, 4) is 0 Å². The standard InChI is InChI=1S/C13H21N/c1-3-4-5-6-7-8-13-9-12(2)10-14-11-13/h9-11H,3-8H2,1-2H3. The van der Waals surface area contributed by atoms with E-state index in [1.807, 2.05) is 12.4 Å². The topological polar surface area (TPSA) is 12.9 Å².